The minimum atomic E-state index is -0.322. The monoisotopic (exact) mass is 576 g/mol. The number of thiophene rings is 1. The number of rotatable bonds is 7. The number of carbonyl (C=O) groups excluding carboxylic acids is 2. The average molecular weight is 577 g/mol. The highest BCUT2D eigenvalue weighted by atomic mass is 32.2. The molecule has 2 aliphatic heterocycles. The van der Waals surface area contributed by atoms with E-state index in [-0.39, 0.29) is 41.3 Å². The molecule has 40 heavy (non-hydrogen) atoms. The van der Waals surface area contributed by atoms with Crippen molar-refractivity contribution in [2.75, 3.05) is 30.3 Å². The Labute approximate surface area is 240 Å². The first-order valence-corrected chi connectivity index (χ1v) is 15.2. The first-order valence-electron chi connectivity index (χ1n) is 13.3. The van der Waals surface area contributed by atoms with Gasteiger partial charge < -0.3 is 10.1 Å². The molecule has 0 radical (unpaired) electrons. The number of hydrogen-bond donors (Lipinski definition) is 1. The molecule has 6 rings (SSSR count). The molecule has 1 N–H and O–H groups in total. The predicted molar refractivity (Wildman–Crippen MR) is 157 cm³/mol. The number of ether oxygens (including phenoxy) is 1. The molecule has 10 heteroatoms. The smallest absolute Gasteiger partial charge is 0.240 e. The number of carbonyl (C=O) groups is 2. The molecule has 1 fully saturated rings. The van der Waals surface area contributed by atoms with Gasteiger partial charge in [-0.25, -0.2) is 9.07 Å². The second-order valence-electron chi connectivity index (χ2n) is 9.92. The number of benzene rings is 2. The van der Waals surface area contributed by atoms with E-state index in [1.165, 1.54) is 23.9 Å². The lowest BCUT2D eigenvalue weighted by Crippen LogP contribution is -2.44. The number of fused-ring (bicyclic) bond motifs is 1. The molecule has 2 atom stereocenters. The van der Waals surface area contributed by atoms with Crippen LogP contribution in [0.4, 0.5) is 10.2 Å². The summed E-state index contributed by atoms with van der Waals surface area (Å²) >= 11 is 3.03. The van der Waals surface area contributed by atoms with E-state index in [0.29, 0.717) is 19.0 Å². The Hall–Kier alpha value is -3.47. The molecule has 1 saturated heterocycles. The third-order valence-corrected chi connectivity index (χ3v) is 9.34. The first-order chi connectivity index (χ1) is 19.5. The van der Waals surface area contributed by atoms with Crippen LogP contribution in [0.2, 0.25) is 0 Å². The van der Waals surface area contributed by atoms with Gasteiger partial charge in [-0.1, -0.05) is 36.4 Å². The van der Waals surface area contributed by atoms with Gasteiger partial charge in [-0.05, 0) is 60.5 Å². The van der Waals surface area contributed by atoms with Crippen molar-refractivity contribution in [3.8, 4) is 16.3 Å². The molecule has 2 amide bonds. The van der Waals surface area contributed by atoms with E-state index in [9.17, 15) is 14.0 Å². The van der Waals surface area contributed by atoms with Crippen molar-refractivity contribution in [3.63, 3.8) is 0 Å². The van der Waals surface area contributed by atoms with E-state index in [1.807, 2.05) is 48.7 Å². The highest BCUT2D eigenvalue weighted by Gasteiger charge is 2.38. The molecular formula is C30H29FN4O3S2. The minimum absolute atomic E-state index is 0.000635. The maximum absolute atomic E-state index is 13.9. The summed E-state index contributed by atoms with van der Waals surface area (Å²) in [5, 5.41) is 9.76. The fourth-order valence-electron chi connectivity index (χ4n) is 5.22. The first kappa shape index (κ1) is 26.7. The van der Waals surface area contributed by atoms with E-state index in [2.05, 4.69) is 5.32 Å². The van der Waals surface area contributed by atoms with Crippen molar-refractivity contribution < 1.29 is 18.7 Å². The topological polar surface area (TPSA) is 76.5 Å². The lowest BCUT2D eigenvalue weighted by Gasteiger charge is -2.24. The van der Waals surface area contributed by atoms with Crippen LogP contribution < -0.4 is 10.2 Å². The summed E-state index contributed by atoms with van der Waals surface area (Å²) in [5.74, 6) is -0.0367. The Morgan fingerprint density at radius 3 is 2.70 bits per heavy atom. The number of amides is 2. The van der Waals surface area contributed by atoms with Crippen molar-refractivity contribution in [1.29, 1.82) is 0 Å². The molecule has 7 nitrogen and oxygen atoms in total. The molecule has 4 aromatic rings. The van der Waals surface area contributed by atoms with E-state index < -0.39 is 0 Å². The quantitative estimate of drug-likeness (QED) is 0.314. The summed E-state index contributed by atoms with van der Waals surface area (Å²) in [6.45, 7) is 2.98. The molecule has 0 saturated carbocycles. The molecule has 0 unspecified atom stereocenters. The molecular weight excluding hydrogens is 547 g/mol. The van der Waals surface area contributed by atoms with Crippen LogP contribution in [-0.4, -0.2) is 53.1 Å². The Balaban J connectivity index is 1.51. The summed E-state index contributed by atoms with van der Waals surface area (Å²) < 4.78 is 21.4. The number of nitrogens with one attached hydrogen (secondary N) is 1. The number of halogens is 1. The summed E-state index contributed by atoms with van der Waals surface area (Å²) in [5.41, 5.74) is 4.25. The number of nitrogens with zero attached hydrogens (tertiary/aromatic N) is 3. The second-order valence-corrected chi connectivity index (χ2v) is 12.0. The lowest BCUT2D eigenvalue weighted by molar-refractivity contribution is -0.123. The Morgan fingerprint density at radius 2 is 1.98 bits per heavy atom. The van der Waals surface area contributed by atoms with Crippen molar-refractivity contribution in [1.82, 2.24) is 15.1 Å². The van der Waals surface area contributed by atoms with Crippen molar-refractivity contribution in [2.24, 2.45) is 0 Å². The summed E-state index contributed by atoms with van der Waals surface area (Å²) in [7, 11) is 0. The van der Waals surface area contributed by atoms with Crippen molar-refractivity contribution in [2.45, 2.75) is 31.1 Å². The van der Waals surface area contributed by atoms with Crippen LogP contribution in [-0.2, 0) is 14.3 Å². The van der Waals surface area contributed by atoms with E-state index in [4.69, 9.17) is 9.84 Å². The summed E-state index contributed by atoms with van der Waals surface area (Å²) in [6.07, 6.45) is 1.89. The standard InChI is InChI=1S/C30H29FN4O3S2/c1-19-6-2-3-8-23(19)35-30-27(28(33-35)24-9-5-15-39-24)29(20-10-12-21(31)13-11-20)40-18-26(37)34(30)17-25(36)32-16-22-7-4-14-38-22/h2-3,5-6,8-13,15,22,29H,4,7,14,16-18H2,1H3,(H,32,36)/t22-,29+/m1/s1. The van der Waals surface area contributed by atoms with Gasteiger partial charge >= 0.3 is 0 Å². The summed E-state index contributed by atoms with van der Waals surface area (Å²) in [4.78, 5) is 29.5. The number of para-hydroxylation sites is 1. The fourth-order valence-corrected chi connectivity index (χ4v) is 7.14. The Kier molecular flexibility index (Phi) is 7.73. The Bertz CT molecular complexity index is 1510. The lowest BCUT2D eigenvalue weighted by atomic mass is 10.0. The van der Waals surface area contributed by atoms with Gasteiger partial charge in [-0.3, -0.25) is 14.5 Å². The molecule has 0 bridgehead atoms. The molecule has 2 aromatic heterocycles. The Morgan fingerprint density at radius 1 is 1.15 bits per heavy atom. The van der Waals surface area contributed by atoms with Gasteiger partial charge in [0.15, 0.2) is 0 Å². The van der Waals surface area contributed by atoms with Crippen LogP contribution in [0.15, 0.2) is 66.0 Å². The normalized spacial score (nSPS) is 18.9. The van der Waals surface area contributed by atoms with Crippen LogP contribution >= 0.6 is 23.1 Å². The van der Waals surface area contributed by atoms with Crippen LogP contribution in [0.25, 0.3) is 16.3 Å². The SMILES string of the molecule is Cc1ccccc1-n1nc(-c2cccs2)c2c1N(CC(=O)NC[C@H]1CCCO1)C(=O)CS[C@H]2c1ccc(F)cc1. The zero-order chi connectivity index (χ0) is 27.6. The average Bonchev–Trinajstić information content (AvgIpc) is 3.72. The predicted octanol–water partition coefficient (Wildman–Crippen LogP) is 5.51. The third-order valence-electron chi connectivity index (χ3n) is 7.21. The molecule has 4 heterocycles. The maximum atomic E-state index is 13.9. The number of thioether (sulfide) groups is 1. The van der Waals surface area contributed by atoms with Crippen LogP contribution in [0.3, 0.4) is 0 Å². The fraction of sp³-hybridized carbons (Fsp3) is 0.300. The molecule has 2 aromatic carbocycles. The van der Waals surface area contributed by atoms with Gasteiger partial charge in [0, 0.05) is 18.7 Å². The minimum Gasteiger partial charge on any atom is -0.376 e. The van der Waals surface area contributed by atoms with Gasteiger partial charge in [0.1, 0.15) is 23.9 Å². The number of aryl methyl sites for hydroxylation is 1. The van der Waals surface area contributed by atoms with E-state index in [0.717, 1.165) is 45.8 Å². The van der Waals surface area contributed by atoms with Gasteiger partial charge in [-0.2, -0.15) is 5.10 Å². The number of anilines is 1. The van der Waals surface area contributed by atoms with E-state index in [1.54, 1.807) is 33.1 Å². The van der Waals surface area contributed by atoms with Gasteiger partial charge in [0.25, 0.3) is 0 Å². The molecule has 0 aliphatic carbocycles. The highest BCUT2D eigenvalue weighted by molar-refractivity contribution is 8.00. The second kappa shape index (κ2) is 11.6. The summed E-state index contributed by atoms with van der Waals surface area (Å²) in [6, 6.07) is 18.2. The van der Waals surface area contributed by atoms with E-state index >= 15 is 0 Å². The van der Waals surface area contributed by atoms with Crippen molar-refractivity contribution >= 4 is 40.7 Å². The van der Waals surface area contributed by atoms with Crippen LogP contribution in [0, 0.1) is 12.7 Å². The number of aromatic nitrogens is 2. The van der Waals surface area contributed by atoms with Gasteiger partial charge in [0.05, 0.1) is 27.7 Å². The van der Waals surface area contributed by atoms with Gasteiger partial charge in [0.2, 0.25) is 11.8 Å². The maximum Gasteiger partial charge on any atom is 0.240 e. The third kappa shape index (κ3) is 5.31. The van der Waals surface area contributed by atoms with Crippen molar-refractivity contribution in [3.05, 3.63) is 88.6 Å². The number of hydrogen-bond acceptors (Lipinski definition) is 6. The molecule has 2 aliphatic rings. The zero-order valence-electron chi connectivity index (χ0n) is 22.0. The molecule has 0 spiro atoms. The highest BCUT2D eigenvalue weighted by Crippen LogP contribution is 2.49. The van der Waals surface area contributed by atoms with Crippen LogP contribution in [0.5, 0.6) is 0 Å². The van der Waals surface area contributed by atoms with Gasteiger partial charge in [-0.15, -0.1) is 23.1 Å². The molecule has 206 valence electrons. The largest absolute Gasteiger partial charge is 0.376 e. The van der Waals surface area contributed by atoms with Crippen LogP contribution in [0.1, 0.15) is 34.8 Å². The zero-order valence-corrected chi connectivity index (χ0v) is 23.6.